The number of aliphatic hydroxyl groups is 1. The third kappa shape index (κ3) is 2.07. The summed E-state index contributed by atoms with van der Waals surface area (Å²) in [5.41, 5.74) is 6.23. The van der Waals surface area contributed by atoms with Gasteiger partial charge in [-0.2, -0.15) is 0 Å². The molecule has 3 N–H and O–H groups in total. The van der Waals surface area contributed by atoms with Crippen LogP contribution >= 0.6 is 0 Å². The second kappa shape index (κ2) is 3.63. The average molecular weight is 211 g/mol. The van der Waals surface area contributed by atoms with Gasteiger partial charge in [-0.05, 0) is 18.1 Å². The molecule has 0 bridgehead atoms. The SMILES string of the molecule is CC1(C)OC2=CC(C(O)CN)=CCC2O1. The van der Waals surface area contributed by atoms with Gasteiger partial charge in [0.05, 0.1) is 6.10 Å². The fourth-order valence-corrected chi connectivity index (χ4v) is 1.90. The molecule has 2 rings (SSSR count). The van der Waals surface area contributed by atoms with Crippen LogP contribution in [0.2, 0.25) is 0 Å². The molecular formula is C11H17NO3. The van der Waals surface area contributed by atoms with E-state index in [1.54, 1.807) is 0 Å². The zero-order valence-corrected chi connectivity index (χ0v) is 9.06. The fraction of sp³-hybridized carbons (Fsp3) is 0.636. The van der Waals surface area contributed by atoms with Gasteiger partial charge in [0.15, 0.2) is 0 Å². The van der Waals surface area contributed by atoms with E-state index in [4.69, 9.17) is 15.2 Å². The Labute approximate surface area is 89.4 Å². The Hall–Kier alpha value is -0.840. The highest BCUT2D eigenvalue weighted by molar-refractivity contribution is 5.32. The van der Waals surface area contributed by atoms with Gasteiger partial charge in [-0.1, -0.05) is 6.08 Å². The largest absolute Gasteiger partial charge is 0.465 e. The number of hydrogen-bond acceptors (Lipinski definition) is 4. The molecule has 0 aromatic rings. The molecule has 4 nitrogen and oxygen atoms in total. The van der Waals surface area contributed by atoms with Gasteiger partial charge in [0.2, 0.25) is 5.79 Å². The van der Waals surface area contributed by atoms with E-state index in [9.17, 15) is 5.11 Å². The van der Waals surface area contributed by atoms with Crippen molar-refractivity contribution in [3.8, 4) is 0 Å². The first-order valence-corrected chi connectivity index (χ1v) is 5.18. The van der Waals surface area contributed by atoms with Gasteiger partial charge in [-0.25, -0.2) is 0 Å². The van der Waals surface area contributed by atoms with E-state index in [0.717, 1.165) is 17.8 Å². The van der Waals surface area contributed by atoms with E-state index in [2.05, 4.69) is 0 Å². The predicted octanol–water partition coefficient (Wildman–Crippen LogP) is 0.672. The van der Waals surface area contributed by atoms with Crippen molar-refractivity contribution in [2.75, 3.05) is 6.54 Å². The zero-order chi connectivity index (χ0) is 11.1. The van der Waals surface area contributed by atoms with Gasteiger partial charge in [-0.15, -0.1) is 0 Å². The molecule has 1 saturated heterocycles. The van der Waals surface area contributed by atoms with Gasteiger partial charge in [0.25, 0.3) is 0 Å². The molecule has 0 aromatic heterocycles. The summed E-state index contributed by atoms with van der Waals surface area (Å²) < 4.78 is 11.3. The quantitative estimate of drug-likeness (QED) is 0.704. The van der Waals surface area contributed by atoms with Gasteiger partial charge in [-0.3, -0.25) is 0 Å². The first-order chi connectivity index (χ1) is 7.02. The highest BCUT2D eigenvalue weighted by Crippen LogP contribution is 2.36. The number of ether oxygens (including phenoxy) is 2. The van der Waals surface area contributed by atoms with E-state index in [1.165, 1.54) is 0 Å². The zero-order valence-electron chi connectivity index (χ0n) is 9.06. The summed E-state index contributed by atoms with van der Waals surface area (Å²) in [6.07, 6.45) is 3.91. The minimum absolute atomic E-state index is 0.00581. The number of rotatable bonds is 2. The third-order valence-corrected chi connectivity index (χ3v) is 2.59. The van der Waals surface area contributed by atoms with Crippen LogP contribution in [0.5, 0.6) is 0 Å². The van der Waals surface area contributed by atoms with Crippen molar-refractivity contribution in [1.29, 1.82) is 0 Å². The lowest BCUT2D eigenvalue weighted by atomic mass is 9.99. The summed E-state index contributed by atoms with van der Waals surface area (Å²) in [7, 11) is 0. The van der Waals surface area contributed by atoms with Crippen LogP contribution in [0.3, 0.4) is 0 Å². The summed E-state index contributed by atoms with van der Waals surface area (Å²) in [6.45, 7) is 3.99. The summed E-state index contributed by atoms with van der Waals surface area (Å²) in [5, 5.41) is 9.60. The molecule has 84 valence electrons. The van der Waals surface area contributed by atoms with Crippen LogP contribution in [0, 0.1) is 0 Å². The monoisotopic (exact) mass is 211 g/mol. The van der Waals surface area contributed by atoms with Crippen LogP contribution in [0.25, 0.3) is 0 Å². The van der Waals surface area contributed by atoms with Gasteiger partial charge in [0, 0.05) is 20.4 Å². The maximum absolute atomic E-state index is 9.60. The van der Waals surface area contributed by atoms with Crippen LogP contribution in [0.1, 0.15) is 20.3 Å². The molecular weight excluding hydrogens is 194 g/mol. The molecule has 1 aliphatic carbocycles. The van der Waals surface area contributed by atoms with E-state index in [0.29, 0.717) is 0 Å². The summed E-state index contributed by atoms with van der Waals surface area (Å²) in [4.78, 5) is 0. The Morgan fingerprint density at radius 1 is 1.67 bits per heavy atom. The average Bonchev–Trinajstić information content (AvgIpc) is 2.49. The maximum atomic E-state index is 9.60. The predicted molar refractivity (Wildman–Crippen MR) is 55.9 cm³/mol. The normalized spacial score (nSPS) is 30.0. The van der Waals surface area contributed by atoms with Crippen LogP contribution in [-0.4, -0.2) is 29.6 Å². The summed E-state index contributed by atoms with van der Waals surface area (Å²) in [6, 6.07) is 0. The Morgan fingerprint density at radius 3 is 3.07 bits per heavy atom. The Balaban J connectivity index is 2.15. The molecule has 2 unspecified atom stereocenters. The van der Waals surface area contributed by atoms with E-state index < -0.39 is 11.9 Å². The van der Waals surface area contributed by atoms with Gasteiger partial charge < -0.3 is 20.3 Å². The van der Waals surface area contributed by atoms with Crippen LogP contribution in [-0.2, 0) is 9.47 Å². The lowest BCUT2D eigenvalue weighted by Gasteiger charge is -2.16. The third-order valence-electron chi connectivity index (χ3n) is 2.59. The lowest BCUT2D eigenvalue weighted by molar-refractivity contribution is -0.132. The molecule has 0 spiro atoms. The molecule has 1 aliphatic heterocycles. The van der Waals surface area contributed by atoms with Crippen molar-refractivity contribution < 1.29 is 14.6 Å². The highest BCUT2D eigenvalue weighted by Gasteiger charge is 2.38. The molecule has 15 heavy (non-hydrogen) atoms. The second-order valence-electron chi connectivity index (χ2n) is 4.35. The molecule has 4 heteroatoms. The topological polar surface area (TPSA) is 64.7 Å². The van der Waals surface area contributed by atoms with E-state index in [-0.39, 0.29) is 12.6 Å². The smallest absolute Gasteiger partial charge is 0.205 e. The highest BCUT2D eigenvalue weighted by atomic mass is 16.7. The van der Waals surface area contributed by atoms with Crippen LogP contribution in [0.15, 0.2) is 23.5 Å². The van der Waals surface area contributed by atoms with Gasteiger partial charge >= 0.3 is 0 Å². The molecule has 0 saturated carbocycles. The number of hydrogen-bond donors (Lipinski definition) is 2. The van der Waals surface area contributed by atoms with Crippen molar-refractivity contribution in [1.82, 2.24) is 0 Å². The number of aliphatic hydroxyl groups excluding tert-OH is 1. The number of fused-ring (bicyclic) bond motifs is 1. The minimum atomic E-state index is -0.606. The lowest BCUT2D eigenvalue weighted by Crippen LogP contribution is -2.24. The fourth-order valence-electron chi connectivity index (χ4n) is 1.90. The van der Waals surface area contributed by atoms with Crippen LogP contribution in [0.4, 0.5) is 0 Å². The van der Waals surface area contributed by atoms with Crippen molar-refractivity contribution in [3.05, 3.63) is 23.5 Å². The molecule has 2 aliphatic rings. The van der Waals surface area contributed by atoms with Crippen molar-refractivity contribution in [2.45, 2.75) is 38.3 Å². The second-order valence-corrected chi connectivity index (χ2v) is 4.35. The molecule has 0 amide bonds. The van der Waals surface area contributed by atoms with E-state index >= 15 is 0 Å². The Bertz CT molecular complexity index is 320. The molecule has 1 fully saturated rings. The van der Waals surface area contributed by atoms with Crippen molar-refractivity contribution >= 4 is 0 Å². The summed E-state index contributed by atoms with van der Waals surface area (Å²) >= 11 is 0. The van der Waals surface area contributed by atoms with Crippen molar-refractivity contribution in [3.63, 3.8) is 0 Å². The molecule has 2 atom stereocenters. The minimum Gasteiger partial charge on any atom is -0.465 e. The molecule has 0 radical (unpaired) electrons. The van der Waals surface area contributed by atoms with E-state index in [1.807, 2.05) is 26.0 Å². The molecule has 0 aromatic carbocycles. The van der Waals surface area contributed by atoms with Crippen molar-refractivity contribution in [2.24, 2.45) is 5.73 Å². The number of nitrogens with two attached hydrogens (primary N) is 1. The maximum Gasteiger partial charge on any atom is 0.205 e. The van der Waals surface area contributed by atoms with Crippen LogP contribution < -0.4 is 5.73 Å². The summed E-state index contributed by atoms with van der Waals surface area (Å²) in [5.74, 6) is 0.234. The molecule has 1 heterocycles. The first-order valence-electron chi connectivity index (χ1n) is 5.18. The Kier molecular flexibility index (Phi) is 2.58. The standard InChI is InChI=1S/C11H17NO3/c1-11(2)14-9-4-3-7(8(13)6-12)5-10(9)15-11/h3,5,8-9,13H,4,6,12H2,1-2H3. The van der Waals surface area contributed by atoms with Gasteiger partial charge in [0.1, 0.15) is 11.9 Å². The first kappa shape index (κ1) is 10.7. The Morgan fingerprint density at radius 2 is 2.40 bits per heavy atom.